The van der Waals surface area contributed by atoms with E-state index in [4.69, 9.17) is 10.5 Å². The normalized spacial score (nSPS) is 10.9. The molecule has 148 valence electrons. The van der Waals surface area contributed by atoms with Crippen LogP contribution in [0, 0.1) is 0 Å². The van der Waals surface area contributed by atoms with Crippen LogP contribution in [-0.4, -0.2) is 18.9 Å². The molecule has 0 aliphatic rings. The highest BCUT2D eigenvalue weighted by Gasteiger charge is 2.15. The van der Waals surface area contributed by atoms with E-state index >= 15 is 0 Å². The summed E-state index contributed by atoms with van der Waals surface area (Å²) < 4.78 is 5.29. The third-order valence-electron chi connectivity index (χ3n) is 4.22. The summed E-state index contributed by atoms with van der Waals surface area (Å²) in [6, 6.07) is 12.7. The Morgan fingerprint density at radius 1 is 1.11 bits per heavy atom. The number of carbonyl (C=O) groups is 2. The van der Waals surface area contributed by atoms with E-state index in [9.17, 15) is 9.59 Å². The van der Waals surface area contributed by atoms with Crippen molar-refractivity contribution in [2.45, 2.75) is 32.6 Å². The van der Waals surface area contributed by atoms with Crippen LogP contribution in [0.2, 0.25) is 0 Å². The van der Waals surface area contributed by atoms with Crippen molar-refractivity contribution in [1.29, 1.82) is 0 Å². The Hall–Kier alpha value is -3.28. The Morgan fingerprint density at radius 2 is 1.75 bits per heavy atom. The highest BCUT2D eigenvalue weighted by Crippen LogP contribution is 2.24. The maximum Gasteiger partial charge on any atom is 0.256 e. The largest absolute Gasteiger partial charge is 0.496 e. The van der Waals surface area contributed by atoms with Gasteiger partial charge in [-0.15, -0.1) is 0 Å². The highest BCUT2D eigenvalue weighted by atomic mass is 16.5. The quantitative estimate of drug-likeness (QED) is 0.686. The van der Waals surface area contributed by atoms with Gasteiger partial charge in [0.1, 0.15) is 11.6 Å². The number of ether oxygens (including phenoxy) is 1. The molecule has 0 spiro atoms. The van der Waals surface area contributed by atoms with E-state index in [2.05, 4.69) is 38.0 Å². The lowest BCUT2D eigenvalue weighted by Crippen LogP contribution is -2.26. The molecule has 28 heavy (non-hydrogen) atoms. The Labute approximate surface area is 165 Å². The second kappa shape index (κ2) is 8.61. The average Bonchev–Trinajstić information content (AvgIpc) is 2.61. The van der Waals surface area contributed by atoms with Gasteiger partial charge in [0.15, 0.2) is 0 Å². The maximum absolute atomic E-state index is 12.4. The molecular weight excluding hydrogens is 354 g/mol. The SMILES string of the molecule is C=C(NC(=O)c1ccc(C(C)(C)C)cc1)Nc1ccc(CC(N)=O)c(OC)c1. The fraction of sp³-hybridized carbons (Fsp3) is 0.273. The van der Waals surface area contributed by atoms with Gasteiger partial charge in [-0.25, -0.2) is 0 Å². The van der Waals surface area contributed by atoms with E-state index in [0.29, 0.717) is 28.4 Å². The molecule has 0 aliphatic heterocycles. The van der Waals surface area contributed by atoms with Crippen molar-refractivity contribution in [2.24, 2.45) is 5.73 Å². The first-order valence-electron chi connectivity index (χ1n) is 8.93. The number of hydrogen-bond donors (Lipinski definition) is 3. The number of hydrogen-bond acceptors (Lipinski definition) is 4. The first-order chi connectivity index (χ1) is 13.1. The van der Waals surface area contributed by atoms with Gasteiger partial charge < -0.3 is 21.1 Å². The molecule has 2 rings (SSSR count). The minimum atomic E-state index is -0.437. The molecule has 2 aromatic carbocycles. The van der Waals surface area contributed by atoms with Crippen molar-refractivity contribution in [1.82, 2.24) is 5.32 Å². The summed E-state index contributed by atoms with van der Waals surface area (Å²) >= 11 is 0. The third-order valence-corrected chi connectivity index (χ3v) is 4.22. The van der Waals surface area contributed by atoms with Gasteiger partial charge in [-0.05, 0) is 29.2 Å². The van der Waals surface area contributed by atoms with E-state index in [1.807, 2.05) is 12.1 Å². The van der Waals surface area contributed by atoms with Crippen LogP contribution in [0.3, 0.4) is 0 Å². The molecule has 2 amide bonds. The topological polar surface area (TPSA) is 93.5 Å². The number of rotatable bonds is 7. The molecule has 0 aromatic heterocycles. The molecule has 0 heterocycles. The van der Waals surface area contributed by atoms with Gasteiger partial charge in [0.05, 0.1) is 13.5 Å². The number of carbonyl (C=O) groups excluding carboxylic acids is 2. The highest BCUT2D eigenvalue weighted by molar-refractivity contribution is 5.95. The fourth-order valence-electron chi connectivity index (χ4n) is 2.69. The average molecular weight is 381 g/mol. The van der Waals surface area contributed by atoms with Crippen molar-refractivity contribution in [3.8, 4) is 5.75 Å². The monoisotopic (exact) mass is 381 g/mol. The van der Waals surface area contributed by atoms with Crippen molar-refractivity contribution >= 4 is 17.5 Å². The molecule has 2 aromatic rings. The predicted molar refractivity (Wildman–Crippen MR) is 111 cm³/mol. The lowest BCUT2D eigenvalue weighted by Gasteiger charge is -2.19. The van der Waals surface area contributed by atoms with E-state index in [1.54, 1.807) is 30.3 Å². The van der Waals surface area contributed by atoms with Crippen molar-refractivity contribution < 1.29 is 14.3 Å². The zero-order valence-corrected chi connectivity index (χ0v) is 16.8. The Kier molecular flexibility index (Phi) is 6.46. The molecule has 0 bridgehead atoms. The summed E-state index contributed by atoms with van der Waals surface area (Å²) in [6.07, 6.45) is 0.0890. The van der Waals surface area contributed by atoms with Crippen LogP contribution in [0.15, 0.2) is 54.9 Å². The van der Waals surface area contributed by atoms with Crippen LogP contribution >= 0.6 is 0 Å². The summed E-state index contributed by atoms with van der Waals surface area (Å²) in [4.78, 5) is 23.5. The van der Waals surface area contributed by atoms with Gasteiger partial charge >= 0.3 is 0 Å². The number of methoxy groups -OCH3 is 1. The summed E-state index contributed by atoms with van der Waals surface area (Å²) in [5.74, 6) is 0.165. The maximum atomic E-state index is 12.4. The van der Waals surface area contributed by atoms with Crippen LogP contribution in [0.4, 0.5) is 5.69 Å². The zero-order chi connectivity index (χ0) is 20.9. The van der Waals surface area contributed by atoms with E-state index in [0.717, 1.165) is 5.56 Å². The Balaban J connectivity index is 2.03. The van der Waals surface area contributed by atoms with E-state index in [-0.39, 0.29) is 17.7 Å². The lowest BCUT2D eigenvalue weighted by atomic mass is 9.87. The number of anilines is 1. The van der Waals surface area contributed by atoms with Crippen molar-refractivity contribution in [3.05, 3.63) is 71.6 Å². The first kappa shape index (κ1) is 21.0. The second-order valence-corrected chi connectivity index (χ2v) is 7.55. The zero-order valence-electron chi connectivity index (χ0n) is 16.8. The standard InChI is InChI=1S/C22H27N3O3/c1-14(24-18-11-8-16(12-20(23)26)19(13-18)28-5)25-21(27)15-6-9-17(10-7-15)22(2,3)4/h6-11,13,24H,1,12H2,2-5H3,(H2,23,26)(H,25,27). The van der Waals surface area contributed by atoms with Crippen LogP contribution < -0.4 is 21.1 Å². The summed E-state index contributed by atoms with van der Waals surface area (Å²) in [7, 11) is 1.52. The fourth-order valence-corrected chi connectivity index (χ4v) is 2.69. The predicted octanol–water partition coefficient (Wildman–Crippen LogP) is 3.33. The Morgan fingerprint density at radius 3 is 2.29 bits per heavy atom. The van der Waals surface area contributed by atoms with Crippen LogP contribution in [-0.2, 0) is 16.6 Å². The third kappa shape index (κ3) is 5.61. The minimum absolute atomic E-state index is 0.0277. The van der Waals surface area contributed by atoms with Gasteiger partial charge in [0, 0.05) is 22.9 Å². The first-order valence-corrected chi connectivity index (χ1v) is 8.93. The number of amides is 2. The molecular formula is C22H27N3O3. The molecule has 0 saturated carbocycles. The number of benzene rings is 2. The van der Waals surface area contributed by atoms with E-state index in [1.165, 1.54) is 7.11 Å². The summed E-state index contributed by atoms with van der Waals surface area (Å²) in [5, 5.41) is 5.74. The van der Waals surface area contributed by atoms with Gasteiger partial charge in [0.25, 0.3) is 5.91 Å². The smallest absolute Gasteiger partial charge is 0.256 e. The molecule has 6 heteroatoms. The number of primary amides is 1. The molecule has 0 radical (unpaired) electrons. The number of nitrogens with one attached hydrogen (secondary N) is 2. The van der Waals surface area contributed by atoms with Crippen molar-refractivity contribution in [3.63, 3.8) is 0 Å². The van der Waals surface area contributed by atoms with Crippen molar-refractivity contribution in [2.75, 3.05) is 12.4 Å². The molecule has 0 aliphatic carbocycles. The van der Waals surface area contributed by atoms with Gasteiger partial charge in [-0.2, -0.15) is 0 Å². The number of nitrogens with two attached hydrogens (primary N) is 1. The molecule has 0 unspecified atom stereocenters. The molecule has 0 atom stereocenters. The Bertz CT molecular complexity index is 881. The summed E-state index contributed by atoms with van der Waals surface area (Å²) in [6.45, 7) is 10.2. The van der Waals surface area contributed by atoms with Gasteiger partial charge in [-0.3, -0.25) is 9.59 Å². The van der Waals surface area contributed by atoms with Crippen LogP contribution in [0.25, 0.3) is 0 Å². The van der Waals surface area contributed by atoms with Crippen LogP contribution in [0.1, 0.15) is 42.3 Å². The second-order valence-electron chi connectivity index (χ2n) is 7.55. The van der Waals surface area contributed by atoms with Gasteiger partial charge in [-0.1, -0.05) is 45.5 Å². The summed E-state index contributed by atoms with van der Waals surface area (Å²) in [5.41, 5.74) is 8.32. The molecule has 6 nitrogen and oxygen atoms in total. The molecule has 0 saturated heterocycles. The molecule has 0 fully saturated rings. The lowest BCUT2D eigenvalue weighted by molar-refractivity contribution is -0.117. The minimum Gasteiger partial charge on any atom is -0.496 e. The van der Waals surface area contributed by atoms with Crippen LogP contribution in [0.5, 0.6) is 5.75 Å². The van der Waals surface area contributed by atoms with Gasteiger partial charge in [0.2, 0.25) is 5.91 Å². The van der Waals surface area contributed by atoms with E-state index < -0.39 is 5.91 Å². The molecule has 4 N–H and O–H groups in total.